The van der Waals surface area contributed by atoms with Crippen LogP contribution < -0.4 is 5.73 Å². The molecule has 0 amide bonds. The van der Waals surface area contributed by atoms with Crippen LogP contribution in [0.3, 0.4) is 0 Å². The summed E-state index contributed by atoms with van der Waals surface area (Å²) in [6.45, 7) is 1.95. The molecular weight excluding hydrogens is 224 g/mol. The second-order valence-electron chi connectivity index (χ2n) is 4.36. The SMILES string of the molecule is C[C@H](N)c1cncn1-c1cnc2ccccc2c1. The summed E-state index contributed by atoms with van der Waals surface area (Å²) in [5.41, 5.74) is 8.88. The highest BCUT2D eigenvalue weighted by Gasteiger charge is 2.08. The van der Waals surface area contributed by atoms with Crippen LogP contribution >= 0.6 is 0 Å². The van der Waals surface area contributed by atoms with Gasteiger partial charge in [-0.25, -0.2) is 4.98 Å². The highest BCUT2D eigenvalue weighted by Crippen LogP contribution is 2.19. The zero-order valence-corrected chi connectivity index (χ0v) is 10.1. The number of fused-ring (bicyclic) bond motifs is 1. The average molecular weight is 238 g/mol. The van der Waals surface area contributed by atoms with Crippen LogP contribution in [0.2, 0.25) is 0 Å². The van der Waals surface area contributed by atoms with Gasteiger partial charge in [0, 0.05) is 11.4 Å². The van der Waals surface area contributed by atoms with Gasteiger partial charge in [0.25, 0.3) is 0 Å². The maximum Gasteiger partial charge on any atom is 0.0995 e. The highest BCUT2D eigenvalue weighted by molar-refractivity contribution is 5.80. The first kappa shape index (κ1) is 10.9. The van der Waals surface area contributed by atoms with Gasteiger partial charge >= 0.3 is 0 Å². The summed E-state index contributed by atoms with van der Waals surface area (Å²) in [7, 11) is 0. The van der Waals surface area contributed by atoms with Crippen molar-refractivity contribution in [1.82, 2.24) is 14.5 Å². The lowest BCUT2D eigenvalue weighted by molar-refractivity contribution is 0.752. The summed E-state index contributed by atoms with van der Waals surface area (Å²) in [6, 6.07) is 10.1. The number of pyridine rings is 1. The Balaban J connectivity index is 2.16. The van der Waals surface area contributed by atoms with Crippen molar-refractivity contribution in [3.8, 4) is 5.69 Å². The molecule has 3 aromatic rings. The van der Waals surface area contributed by atoms with Gasteiger partial charge in [-0.1, -0.05) is 18.2 Å². The van der Waals surface area contributed by atoms with Gasteiger partial charge in [-0.05, 0) is 19.1 Å². The van der Waals surface area contributed by atoms with Gasteiger partial charge in [0.15, 0.2) is 0 Å². The summed E-state index contributed by atoms with van der Waals surface area (Å²) < 4.78 is 1.98. The fourth-order valence-corrected chi connectivity index (χ4v) is 2.05. The van der Waals surface area contributed by atoms with Gasteiger partial charge < -0.3 is 10.3 Å². The molecule has 0 aliphatic heterocycles. The number of hydrogen-bond donors (Lipinski definition) is 1. The number of nitrogens with two attached hydrogens (primary N) is 1. The molecule has 0 saturated heterocycles. The lowest BCUT2D eigenvalue weighted by Gasteiger charge is -2.11. The third-order valence-corrected chi connectivity index (χ3v) is 2.99. The van der Waals surface area contributed by atoms with Crippen molar-refractivity contribution in [2.75, 3.05) is 0 Å². The van der Waals surface area contributed by atoms with E-state index < -0.39 is 0 Å². The molecule has 2 heterocycles. The number of imidazole rings is 1. The van der Waals surface area contributed by atoms with Crippen LogP contribution in [-0.4, -0.2) is 14.5 Å². The molecule has 0 radical (unpaired) electrons. The van der Waals surface area contributed by atoms with Crippen LogP contribution in [0, 0.1) is 0 Å². The van der Waals surface area contributed by atoms with E-state index in [4.69, 9.17) is 5.73 Å². The first-order valence-electron chi connectivity index (χ1n) is 5.89. The number of nitrogens with zero attached hydrogens (tertiary/aromatic N) is 3. The van der Waals surface area contributed by atoms with Gasteiger partial charge in [-0.15, -0.1) is 0 Å². The summed E-state index contributed by atoms with van der Waals surface area (Å²) in [5.74, 6) is 0. The molecule has 0 fully saturated rings. The Labute approximate surface area is 105 Å². The average Bonchev–Trinajstić information content (AvgIpc) is 2.87. The lowest BCUT2D eigenvalue weighted by atomic mass is 10.2. The Morgan fingerprint density at radius 1 is 1.22 bits per heavy atom. The second kappa shape index (κ2) is 4.23. The quantitative estimate of drug-likeness (QED) is 0.746. The molecule has 4 heteroatoms. The summed E-state index contributed by atoms with van der Waals surface area (Å²) in [5, 5.41) is 1.11. The molecule has 3 rings (SSSR count). The predicted molar refractivity (Wildman–Crippen MR) is 71.5 cm³/mol. The monoisotopic (exact) mass is 238 g/mol. The first-order chi connectivity index (χ1) is 8.75. The second-order valence-corrected chi connectivity index (χ2v) is 4.36. The van der Waals surface area contributed by atoms with E-state index in [1.54, 1.807) is 12.5 Å². The Kier molecular flexibility index (Phi) is 2.57. The minimum atomic E-state index is -0.0565. The number of rotatable bonds is 2. The van der Waals surface area contributed by atoms with Crippen LogP contribution in [-0.2, 0) is 0 Å². The molecule has 0 unspecified atom stereocenters. The Bertz CT molecular complexity index is 685. The topological polar surface area (TPSA) is 56.7 Å². The van der Waals surface area contributed by atoms with E-state index in [1.807, 2.05) is 42.0 Å². The number of aromatic nitrogens is 3. The largest absolute Gasteiger partial charge is 0.323 e. The molecular formula is C14H14N4. The third-order valence-electron chi connectivity index (χ3n) is 2.99. The molecule has 2 aromatic heterocycles. The van der Waals surface area contributed by atoms with Crippen molar-refractivity contribution in [2.24, 2.45) is 5.73 Å². The fourth-order valence-electron chi connectivity index (χ4n) is 2.05. The van der Waals surface area contributed by atoms with E-state index in [1.165, 1.54) is 0 Å². The molecule has 0 aliphatic rings. The maximum atomic E-state index is 5.93. The van der Waals surface area contributed by atoms with Crippen LogP contribution in [0.15, 0.2) is 49.1 Å². The fraction of sp³-hybridized carbons (Fsp3) is 0.143. The van der Waals surface area contributed by atoms with Gasteiger partial charge in [-0.3, -0.25) is 4.98 Å². The van der Waals surface area contributed by atoms with Crippen LogP contribution in [0.1, 0.15) is 18.7 Å². The molecule has 0 spiro atoms. The normalized spacial score (nSPS) is 12.8. The molecule has 1 atom stereocenters. The number of para-hydroxylation sites is 1. The maximum absolute atomic E-state index is 5.93. The molecule has 1 aromatic carbocycles. The smallest absolute Gasteiger partial charge is 0.0995 e. The van der Waals surface area contributed by atoms with Crippen LogP contribution in [0.25, 0.3) is 16.6 Å². The molecule has 0 saturated carbocycles. The molecule has 0 bridgehead atoms. The van der Waals surface area contributed by atoms with Crippen molar-refractivity contribution in [2.45, 2.75) is 13.0 Å². The zero-order chi connectivity index (χ0) is 12.5. The van der Waals surface area contributed by atoms with Crippen LogP contribution in [0.4, 0.5) is 0 Å². The molecule has 4 nitrogen and oxygen atoms in total. The van der Waals surface area contributed by atoms with Gasteiger partial charge in [-0.2, -0.15) is 0 Å². The molecule has 18 heavy (non-hydrogen) atoms. The van der Waals surface area contributed by atoms with E-state index in [2.05, 4.69) is 16.0 Å². The zero-order valence-electron chi connectivity index (χ0n) is 10.1. The van der Waals surface area contributed by atoms with Gasteiger partial charge in [0.05, 0.1) is 35.6 Å². The van der Waals surface area contributed by atoms with Crippen molar-refractivity contribution < 1.29 is 0 Å². The highest BCUT2D eigenvalue weighted by atomic mass is 15.1. The molecule has 90 valence electrons. The van der Waals surface area contributed by atoms with E-state index in [0.29, 0.717) is 0 Å². The van der Waals surface area contributed by atoms with Crippen molar-refractivity contribution in [3.05, 3.63) is 54.7 Å². The summed E-state index contributed by atoms with van der Waals surface area (Å²) >= 11 is 0. The third kappa shape index (κ3) is 1.76. The Morgan fingerprint density at radius 3 is 2.89 bits per heavy atom. The predicted octanol–water partition coefficient (Wildman–Crippen LogP) is 2.44. The van der Waals surface area contributed by atoms with E-state index in [-0.39, 0.29) is 6.04 Å². The Hall–Kier alpha value is -2.20. The van der Waals surface area contributed by atoms with Gasteiger partial charge in [0.2, 0.25) is 0 Å². The Morgan fingerprint density at radius 2 is 2.06 bits per heavy atom. The summed E-state index contributed by atoms with van der Waals surface area (Å²) in [4.78, 5) is 8.60. The minimum absolute atomic E-state index is 0.0565. The van der Waals surface area contributed by atoms with Crippen molar-refractivity contribution in [1.29, 1.82) is 0 Å². The lowest BCUT2D eigenvalue weighted by Crippen LogP contribution is -2.10. The van der Waals surface area contributed by atoms with Crippen molar-refractivity contribution in [3.63, 3.8) is 0 Å². The number of benzene rings is 1. The number of hydrogen-bond acceptors (Lipinski definition) is 3. The summed E-state index contributed by atoms with van der Waals surface area (Å²) in [6.07, 6.45) is 5.40. The first-order valence-corrected chi connectivity index (χ1v) is 5.89. The molecule has 0 aliphatic carbocycles. The van der Waals surface area contributed by atoms with Crippen molar-refractivity contribution >= 4 is 10.9 Å². The van der Waals surface area contributed by atoms with E-state index in [0.717, 1.165) is 22.3 Å². The molecule has 2 N–H and O–H groups in total. The minimum Gasteiger partial charge on any atom is -0.323 e. The standard InChI is InChI=1S/C14H14N4/c1-10(15)14-8-16-9-18(14)12-6-11-4-2-3-5-13(11)17-7-12/h2-10H,15H2,1H3/t10-/m0/s1. The van der Waals surface area contributed by atoms with Gasteiger partial charge in [0.1, 0.15) is 0 Å². The van der Waals surface area contributed by atoms with E-state index in [9.17, 15) is 0 Å². The van der Waals surface area contributed by atoms with E-state index >= 15 is 0 Å². The van der Waals surface area contributed by atoms with Crippen LogP contribution in [0.5, 0.6) is 0 Å².